The lowest BCUT2D eigenvalue weighted by Gasteiger charge is -2.33. The van der Waals surface area contributed by atoms with Gasteiger partial charge in [0.05, 0.1) is 4.92 Å². The van der Waals surface area contributed by atoms with E-state index >= 15 is 0 Å². The van der Waals surface area contributed by atoms with Crippen molar-refractivity contribution in [3.05, 3.63) is 34.4 Å². The summed E-state index contributed by atoms with van der Waals surface area (Å²) in [6, 6.07) is 7.32. The average Bonchev–Trinajstić information content (AvgIpc) is 2.88. The largest absolute Gasteiger partial charge is 0.363 e. The van der Waals surface area contributed by atoms with Crippen LogP contribution in [0.3, 0.4) is 0 Å². The summed E-state index contributed by atoms with van der Waals surface area (Å²) in [4.78, 5) is 13.0. The molecule has 1 aromatic carbocycles. The van der Waals surface area contributed by atoms with Crippen LogP contribution in [-0.4, -0.2) is 24.1 Å². The first-order valence-electron chi connectivity index (χ1n) is 6.89. The van der Waals surface area contributed by atoms with Gasteiger partial charge in [-0.3, -0.25) is 10.1 Å². The first-order chi connectivity index (χ1) is 9.19. The molecule has 0 amide bonds. The smallest absolute Gasteiger partial charge is 0.292 e. The Kier molecular flexibility index (Phi) is 4.37. The molecule has 2 N–H and O–H groups in total. The summed E-state index contributed by atoms with van der Waals surface area (Å²) in [5, 5.41) is 11.2. The van der Waals surface area contributed by atoms with Gasteiger partial charge in [0.2, 0.25) is 0 Å². The molecule has 0 spiro atoms. The van der Waals surface area contributed by atoms with Gasteiger partial charge in [0.25, 0.3) is 5.69 Å². The third-order valence-electron chi connectivity index (χ3n) is 4.05. The van der Waals surface area contributed by atoms with Gasteiger partial charge in [-0.25, -0.2) is 0 Å². The minimum absolute atomic E-state index is 0.187. The molecule has 19 heavy (non-hydrogen) atoms. The van der Waals surface area contributed by atoms with Gasteiger partial charge >= 0.3 is 0 Å². The monoisotopic (exact) mass is 263 g/mol. The van der Waals surface area contributed by atoms with Gasteiger partial charge in [0.15, 0.2) is 0 Å². The Morgan fingerprint density at radius 2 is 2.16 bits per heavy atom. The predicted octanol–water partition coefficient (Wildman–Crippen LogP) is 2.55. The van der Waals surface area contributed by atoms with E-state index in [1.807, 2.05) is 19.1 Å². The molecule has 0 heterocycles. The second-order valence-electron chi connectivity index (χ2n) is 5.03. The van der Waals surface area contributed by atoms with Crippen molar-refractivity contribution in [3.8, 4) is 0 Å². The quantitative estimate of drug-likeness (QED) is 0.654. The average molecular weight is 263 g/mol. The zero-order chi connectivity index (χ0) is 13.8. The van der Waals surface area contributed by atoms with Crippen molar-refractivity contribution in [3.63, 3.8) is 0 Å². The molecule has 2 unspecified atom stereocenters. The van der Waals surface area contributed by atoms with Crippen LogP contribution >= 0.6 is 0 Å². The van der Waals surface area contributed by atoms with E-state index in [9.17, 15) is 10.1 Å². The lowest BCUT2D eigenvalue weighted by molar-refractivity contribution is -0.384. The number of anilines is 1. The highest BCUT2D eigenvalue weighted by molar-refractivity contribution is 5.63. The van der Waals surface area contributed by atoms with Crippen molar-refractivity contribution in [2.75, 3.05) is 18.0 Å². The summed E-state index contributed by atoms with van der Waals surface area (Å²) in [6.07, 6.45) is 3.35. The fraction of sp³-hybridized carbons (Fsp3) is 0.571. The van der Waals surface area contributed by atoms with Crippen LogP contribution in [0.25, 0.3) is 0 Å². The van der Waals surface area contributed by atoms with E-state index in [0.717, 1.165) is 31.5 Å². The molecule has 1 saturated carbocycles. The van der Waals surface area contributed by atoms with Gasteiger partial charge in [-0.15, -0.1) is 0 Å². The molecule has 0 aromatic heterocycles. The first kappa shape index (κ1) is 13.8. The van der Waals surface area contributed by atoms with E-state index in [1.54, 1.807) is 12.1 Å². The maximum Gasteiger partial charge on any atom is 0.292 e. The summed E-state index contributed by atoms with van der Waals surface area (Å²) in [6.45, 7) is 3.47. The summed E-state index contributed by atoms with van der Waals surface area (Å²) in [7, 11) is 0. The molecular weight excluding hydrogens is 242 g/mol. The lowest BCUT2D eigenvalue weighted by atomic mass is 10.0. The summed E-state index contributed by atoms with van der Waals surface area (Å²) in [5.74, 6) is 0.444. The Hall–Kier alpha value is -1.62. The van der Waals surface area contributed by atoms with Crippen molar-refractivity contribution in [2.24, 2.45) is 11.7 Å². The fourth-order valence-corrected chi connectivity index (χ4v) is 3.15. The van der Waals surface area contributed by atoms with Gasteiger partial charge in [0.1, 0.15) is 5.69 Å². The lowest BCUT2D eigenvalue weighted by Crippen LogP contribution is -2.40. The number of hydrogen-bond acceptors (Lipinski definition) is 4. The third kappa shape index (κ3) is 2.71. The number of para-hydroxylation sites is 2. The molecule has 104 valence electrons. The van der Waals surface area contributed by atoms with Crippen LogP contribution < -0.4 is 10.6 Å². The number of rotatable bonds is 5. The molecule has 2 rings (SSSR count). The van der Waals surface area contributed by atoms with Gasteiger partial charge in [-0.2, -0.15) is 0 Å². The van der Waals surface area contributed by atoms with Crippen LogP contribution in [0.15, 0.2) is 24.3 Å². The second-order valence-corrected chi connectivity index (χ2v) is 5.03. The summed E-state index contributed by atoms with van der Waals surface area (Å²) < 4.78 is 0. The first-order valence-corrected chi connectivity index (χ1v) is 6.89. The maximum absolute atomic E-state index is 11.2. The highest BCUT2D eigenvalue weighted by Gasteiger charge is 2.33. The molecule has 1 aliphatic carbocycles. The molecule has 2 atom stereocenters. The molecule has 1 aliphatic rings. The van der Waals surface area contributed by atoms with E-state index in [1.165, 1.54) is 0 Å². The third-order valence-corrected chi connectivity index (χ3v) is 4.05. The minimum Gasteiger partial charge on any atom is -0.363 e. The van der Waals surface area contributed by atoms with Crippen LogP contribution in [0, 0.1) is 16.0 Å². The normalized spacial score (nSPS) is 22.4. The SMILES string of the molecule is CCN(c1ccccc1[N+](=O)[O-])C1CCCC1CN. The molecule has 0 saturated heterocycles. The number of benzene rings is 1. The Labute approximate surface area is 113 Å². The van der Waals surface area contributed by atoms with E-state index in [4.69, 9.17) is 5.73 Å². The van der Waals surface area contributed by atoms with Crippen molar-refractivity contribution in [1.29, 1.82) is 0 Å². The van der Waals surface area contributed by atoms with Crippen molar-refractivity contribution in [2.45, 2.75) is 32.2 Å². The molecule has 0 bridgehead atoms. The Morgan fingerprint density at radius 1 is 1.42 bits per heavy atom. The Bertz CT molecular complexity index is 450. The number of hydrogen-bond donors (Lipinski definition) is 1. The van der Waals surface area contributed by atoms with Crippen LogP contribution in [0.5, 0.6) is 0 Å². The van der Waals surface area contributed by atoms with Crippen LogP contribution in [0.4, 0.5) is 11.4 Å². The zero-order valence-electron chi connectivity index (χ0n) is 11.3. The minimum atomic E-state index is -0.301. The summed E-state index contributed by atoms with van der Waals surface area (Å²) in [5.41, 5.74) is 6.74. The molecule has 1 fully saturated rings. The van der Waals surface area contributed by atoms with E-state index in [-0.39, 0.29) is 10.6 Å². The van der Waals surface area contributed by atoms with Crippen LogP contribution in [0.1, 0.15) is 26.2 Å². The number of nitro groups is 1. The molecule has 0 radical (unpaired) electrons. The Morgan fingerprint density at radius 3 is 2.79 bits per heavy atom. The molecule has 1 aromatic rings. The molecule has 0 aliphatic heterocycles. The van der Waals surface area contributed by atoms with Crippen molar-refractivity contribution in [1.82, 2.24) is 0 Å². The second kappa shape index (κ2) is 6.02. The number of nitro benzene ring substituents is 1. The highest BCUT2D eigenvalue weighted by Crippen LogP contribution is 2.36. The van der Waals surface area contributed by atoms with Crippen molar-refractivity contribution < 1.29 is 4.92 Å². The van der Waals surface area contributed by atoms with E-state index in [2.05, 4.69) is 4.90 Å². The molecular formula is C14H21N3O2. The van der Waals surface area contributed by atoms with E-state index in [0.29, 0.717) is 18.5 Å². The highest BCUT2D eigenvalue weighted by atomic mass is 16.6. The topological polar surface area (TPSA) is 72.4 Å². The fourth-order valence-electron chi connectivity index (χ4n) is 3.15. The van der Waals surface area contributed by atoms with Crippen LogP contribution in [-0.2, 0) is 0 Å². The molecule has 5 heteroatoms. The van der Waals surface area contributed by atoms with Gasteiger partial charge in [-0.1, -0.05) is 18.6 Å². The van der Waals surface area contributed by atoms with Crippen LogP contribution in [0.2, 0.25) is 0 Å². The van der Waals surface area contributed by atoms with E-state index < -0.39 is 0 Å². The number of nitrogens with two attached hydrogens (primary N) is 1. The zero-order valence-corrected chi connectivity index (χ0v) is 11.3. The van der Waals surface area contributed by atoms with Gasteiger partial charge in [-0.05, 0) is 38.3 Å². The number of nitrogens with zero attached hydrogens (tertiary/aromatic N) is 2. The summed E-state index contributed by atoms with van der Waals surface area (Å²) >= 11 is 0. The molecule has 5 nitrogen and oxygen atoms in total. The standard InChI is InChI=1S/C14H21N3O2/c1-2-16(12-9-5-6-11(12)10-15)13-7-3-4-8-14(13)17(18)19/h3-4,7-8,11-12H,2,5-6,9-10,15H2,1H3. The van der Waals surface area contributed by atoms with Crippen molar-refractivity contribution >= 4 is 11.4 Å². The maximum atomic E-state index is 11.2. The van der Waals surface area contributed by atoms with Gasteiger partial charge in [0, 0.05) is 18.7 Å². The predicted molar refractivity (Wildman–Crippen MR) is 76.3 cm³/mol. The van der Waals surface area contributed by atoms with Gasteiger partial charge < -0.3 is 10.6 Å². The Balaban J connectivity index is 2.34.